The molecule has 1 N–H and O–H groups in total. The molecule has 0 amide bonds. The van der Waals surface area contributed by atoms with Gasteiger partial charge in [-0.25, -0.2) is 4.79 Å². The van der Waals surface area contributed by atoms with Gasteiger partial charge >= 0.3 is 5.97 Å². The third-order valence-corrected chi connectivity index (χ3v) is 2.17. The molecule has 0 saturated heterocycles. The van der Waals surface area contributed by atoms with Crippen LogP contribution in [0.5, 0.6) is 0 Å². The number of hydrogen-bond donors (Lipinski definition) is 1. The SMILES string of the molecule is COC(=O)/C=C1\NCCc2occc21. The van der Waals surface area contributed by atoms with Gasteiger partial charge in [-0.15, -0.1) is 0 Å². The van der Waals surface area contributed by atoms with Gasteiger partial charge in [-0.3, -0.25) is 0 Å². The van der Waals surface area contributed by atoms with Crippen LogP contribution in [-0.4, -0.2) is 19.6 Å². The molecule has 0 atom stereocenters. The molecule has 1 aliphatic heterocycles. The lowest BCUT2D eigenvalue weighted by Gasteiger charge is -2.15. The molecule has 4 heteroatoms. The third kappa shape index (κ3) is 1.51. The minimum Gasteiger partial charge on any atom is -0.469 e. The average Bonchev–Trinajstić information content (AvgIpc) is 2.66. The van der Waals surface area contributed by atoms with Crippen molar-refractivity contribution in [3.8, 4) is 0 Å². The normalized spacial score (nSPS) is 17.4. The minimum absolute atomic E-state index is 0.360. The molecule has 0 unspecified atom stereocenters. The molecule has 0 aliphatic carbocycles. The van der Waals surface area contributed by atoms with E-state index in [2.05, 4.69) is 10.1 Å². The van der Waals surface area contributed by atoms with E-state index < -0.39 is 0 Å². The van der Waals surface area contributed by atoms with Crippen LogP contribution in [0, 0.1) is 0 Å². The van der Waals surface area contributed by atoms with Crippen LogP contribution in [-0.2, 0) is 16.0 Å². The van der Waals surface area contributed by atoms with Gasteiger partial charge in [0, 0.05) is 24.6 Å². The second-order valence-electron chi connectivity index (χ2n) is 3.02. The minimum atomic E-state index is -0.360. The summed E-state index contributed by atoms with van der Waals surface area (Å²) in [6, 6.07) is 1.84. The molecule has 1 aromatic heterocycles. The maximum absolute atomic E-state index is 11.0. The van der Waals surface area contributed by atoms with Crippen molar-refractivity contribution in [2.24, 2.45) is 0 Å². The molecule has 1 aromatic rings. The molecule has 4 nitrogen and oxygen atoms in total. The van der Waals surface area contributed by atoms with E-state index in [1.807, 2.05) is 6.07 Å². The van der Waals surface area contributed by atoms with E-state index in [-0.39, 0.29) is 5.97 Å². The fourth-order valence-electron chi connectivity index (χ4n) is 1.49. The number of rotatable bonds is 1. The molecule has 0 fully saturated rings. The summed E-state index contributed by atoms with van der Waals surface area (Å²) in [4.78, 5) is 11.0. The van der Waals surface area contributed by atoms with Crippen LogP contribution >= 0.6 is 0 Å². The summed E-state index contributed by atoms with van der Waals surface area (Å²) in [5.41, 5.74) is 1.72. The number of methoxy groups -OCH3 is 1. The zero-order valence-corrected chi connectivity index (χ0v) is 7.87. The average molecular weight is 193 g/mol. The van der Waals surface area contributed by atoms with Crippen LogP contribution in [0.4, 0.5) is 0 Å². The van der Waals surface area contributed by atoms with E-state index >= 15 is 0 Å². The van der Waals surface area contributed by atoms with Crippen LogP contribution in [0.1, 0.15) is 11.3 Å². The Morgan fingerprint density at radius 1 is 1.71 bits per heavy atom. The number of esters is 1. The highest BCUT2D eigenvalue weighted by Crippen LogP contribution is 2.22. The Morgan fingerprint density at radius 3 is 3.36 bits per heavy atom. The monoisotopic (exact) mass is 193 g/mol. The van der Waals surface area contributed by atoms with Gasteiger partial charge in [0.2, 0.25) is 0 Å². The van der Waals surface area contributed by atoms with E-state index in [4.69, 9.17) is 4.42 Å². The molecule has 0 aromatic carbocycles. The highest BCUT2D eigenvalue weighted by atomic mass is 16.5. The number of furan rings is 1. The van der Waals surface area contributed by atoms with Gasteiger partial charge in [-0.05, 0) is 6.07 Å². The lowest BCUT2D eigenvalue weighted by molar-refractivity contribution is -0.134. The first-order valence-electron chi connectivity index (χ1n) is 4.41. The molecular weight excluding hydrogens is 182 g/mol. The van der Waals surface area contributed by atoms with Gasteiger partial charge in [0.25, 0.3) is 0 Å². The van der Waals surface area contributed by atoms with E-state index in [1.54, 1.807) is 6.26 Å². The fourth-order valence-corrected chi connectivity index (χ4v) is 1.49. The number of fused-ring (bicyclic) bond motifs is 1. The van der Waals surface area contributed by atoms with Gasteiger partial charge in [0.05, 0.1) is 19.1 Å². The summed E-state index contributed by atoms with van der Waals surface area (Å²) in [5, 5.41) is 3.13. The number of carbonyl (C=O) groups excluding carboxylic acids is 1. The van der Waals surface area contributed by atoms with Gasteiger partial charge in [-0.2, -0.15) is 0 Å². The second-order valence-corrected chi connectivity index (χ2v) is 3.02. The first kappa shape index (κ1) is 8.87. The Labute approximate surface area is 81.5 Å². The third-order valence-electron chi connectivity index (χ3n) is 2.17. The summed E-state index contributed by atoms with van der Waals surface area (Å²) in [7, 11) is 1.36. The Bertz CT molecular complexity index is 378. The van der Waals surface area contributed by atoms with Crippen molar-refractivity contribution in [3.05, 3.63) is 29.7 Å². The van der Waals surface area contributed by atoms with Crippen molar-refractivity contribution < 1.29 is 13.9 Å². The highest BCUT2D eigenvalue weighted by molar-refractivity contribution is 5.91. The molecule has 2 rings (SSSR count). The van der Waals surface area contributed by atoms with E-state index in [0.717, 1.165) is 30.0 Å². The first-order valence-corrected chi connectivity index (χ1v) is 4.41. The summed E-state index contributed by atoms with van der Waals surface area (Å²) >= 11 is 0. The highest BCUT2D eigenvalue weighted by Gasteiger charge is 2.16. The topological polar surface area (TPSA) is 51.5 Å². The maximum Gasteiger partial charge on any atom is 0.332 e. The van der Waals surface area contributed by atoms with Crippen LogP contribution in [0.2, 0.25) is 0 Å². The maximum atomic E-state index is 11.0. The summed E-state index contributed by atoms with van der Waals surface area (Å²) in [6.07, 6.45) is 3.91. The quantitative estimate of drug-likeness (QED) is 0.532. The van der Waals surface area contributed by atoms with Crippen LogP contribution in [0.15, 0.2) is 22.8 Å². The second kappa shape index (κ2) is 3.57. The molecule has 0 saturated carbocycles. The van der Waals surface area contributed by atoms with Crippen molar-refractivity contribution in [1.29, 1.82) is 0 Å². The van der Waals surface area contributed by atoms with Crippen molar-refractivity contribution in [2.45, 2.75) is 6.42 Å². The smallest absolute Gasteiger partial charge is 0.332 e. The summed E-state index contributed by atoms with van der Waals surface area (Å²) in [6.45, 7) is 0.781. The predicted molar refractivity (Wildman–Crippen MR) is 50.4 cm³/mol. The molecule has 0 spiro atoms. The van der Waals surface area contributed by atoms with E-state index in [9.17, 15) is 4.79 Å². The Kier molecular flexibility index (Phi) is 2.26. The zero-order valence-electron chi connectivity index (χ0n) is 7.87. The van der Waals surface area contributed by atoms with Crippen molar-refractivity contribution >= 4 is 11.7 Å². The van der Waals surface area contributed by atoms with Gasteiger partial charge in [0.15, 0.2) is 0 Å². The van der Waals surface area contributed by atoms with Crippen LogP contribution < -0.4 is 5.32 Å². The Hall–Kier alpha value is -1.71. The zero-order chi connectivity index (χ0) is 9.97. The molecular formula is C10H11NO3. The summed E-state index contributed by atoms with van der Waals surface area (Å²) in [5.74, 6) is 0.556. The molecule has 1 aliphatic rings. The van der Waals surface area contributed by atoms with Crippen molar-refractivity contribution in [1.82, 2.24) is 5.32 Å². The van der Waals surface area contributed by atoms with Gasteiger partial charge < -0.3 is 14.5 Å². The number of ether oxygens (including phenoxy) is 1. The lowest BCUT2D eigenvalue weighted by Crippen LogP contribution is -2.22. The number of hydrogen-bond acceptors (Lipinski definition) is 4. The Balaban J connectivity index is 2.32. The molecule has 74 valence electrons. The van der Waals surface area contributed by atoms with Crippen molar-refractivity contribution in [2.75, 3.05) is 13.7 Å². The molecule has 0 radical (unpaired) electrons. The first-order chi connectivity index (χ1) is 6.81. The molecule has 2 heterocycles. The van der Waals surface area contributed by atoms with Crippen LogP contribution in [0.3, 0.4) is 0 Å². The standard InChI is InChI=1S/C10H11NO3/c1-13-10(12)6-8-7-3-5-14-9(7)2-4-11-8/h3,5-6,11H,2,4H2,1H3/b8-6-. The summed E-state index contributed by atoms with van der Waals surface area (Å²) < 4.78 is 9.83. The predicted octanol–water partition coefficient (Wildman–Crippen LogP) is 0.939. The van der Waals surface area contributed by atoms with Crippen molar-refractivity contribution in [3.63, 3.8) is 0 Å². The lowest BCUT2D eigenvalue weighted by atomic mass is 10.1. The molecule has 14 heavy (non-hydrogen) atoms. The number of carbonyl (C=O) groups is 1. The van der Waals surface area contributed by atoms with Crippen LogP contribution in [0.25, 0.3) is 5.70 Å². The largest absolute Gasteiger partial charge is 0.469 e. The van der Waals surface area contributed by atoms with Gasteiger partial charge in [0.1, 0.15) is 5.76 Å². The fraction of sp³-hybridized carbons (Fsp3) is 0.300. The van der Waals surface area contributed by atoms with E-state index in [0.29, 0.717) is 0 Å². The molecule has 0 bridgehead atoms. The number of nitrogens with one attached hydrogen (secondary N) is 1. The van der Waals surface area contributed by atoms with Gasteiger partial charge in [-0.1, -0.05) is 0 Å². The van der Waals surface area contributed by atoms with E-state index in [1.165, 1.54) is 13.2 Å². The Morgan fingerprint density at radius 2 is 2.57 bits per heavy atom.